The van der Waals surface area contributed by atoms with E-state index in [4.69, 9.17) is 5.11 Å². The number of hydrogen-bond acceptors (Lipinski definition) is 3. The predicted octanol–water partition coefficient (Wildman–Crippen LogP) is 3.65. The minimum absolute atomic E-state index is 0.316. The number of aromatic carboxylic acids is 1. The Morgan fingerprint density at radius 2 is 2.21 bits per heavy atom. The molecule has 0 saturated heterocycles. The lowest BCUT2D eigenvalue weighted by Crippen LogP contribution is -1.93. The lowest BCUT2D eigenvalue weighted by atomic mass is 10.2. The molecule has 1 aromatic carbocycles. The maximum absolute atomic E-state index is 10.9. The van der Waals surface area contributed by atoms with Crippen LogP contribution in [0.15, 0.2) is 26.9 Å². The molecular formula is C9H5BrO2S2. The number of carbonyl (C=O) groups is 1. The number of hydrogen-bond donors (Lipinski definition) is 2. The largest absolute Gasteiger partial charge is 0.478 e. The highest BCUT2D eigenvalue weighted by molar-refractivity contribution is 9.10. The normalized spacial score (nSPS) is 10.7. The first-order valence-corrected chi connectivity index (χ1v) is 5.85. The second kappa shape index (κ2) is 3.56. The van der Waals surface area contributed by atoms with E-state index in [9.17, 15) is 4.79 Å². The minimum atomic E-state index is -0.912. The van der Waals surface area contributed by atoms with Gasteiger partial charge in [0, 0.05) is 20.1 Å². The smallest absolute Gasteiger partial charge is 0.337 e. The molecule has 0 unspecified atom stereocenters. The van der Waals surface area contributed by atoms with Crippen LogP contribution in [0.2, 0.25) is 0 Å². The Labute approximate surface area is 98.1 Å². The zero-order chi connectivity index (χ0) is 10.3. The van der Waals surface area contributed by atoms with E-state index in [-0.39, 0.29) is 0 Å². The van der Waals surface area contributed by atoms with Crippen molar-refractivity contribution < 1.29 is 9.90 Å². The fourth-order valence-corrected chi connectivity index (χ4v) is 3.22. The fourth-order valence-electron chi connectivity index (χ4n) is 1.26. The highest BCUT2D eigenvalue weighted by Crippen LogP contribution is 2.36. The third kappa shape index (κ3) is 1.45. The molecular weight excluding hydrogens is 284 g/mol. The van der Waals surface area contributed by atoms with Gasteiger partial charge in [0.1, 0.15) is 0 Å². The van der Waals surface area contributed by atoms with E-state index in [0.717, 1.165) is 9.17 Å². The number of carboxylic acids is 1. The number of halogens is 1. The van der Waals surface area contributed by atoms with Crippen LogP contribution in [0.5, 0.6) is 0 Å². The Kier molecular flexibility index (Phi) is 2.55. The number of rotatable bonds is 1. The molecule has 0 fully saturated rings. The van der Waals surface area contributed by atoms with Gasteiger partial charge >= 0.3 is 5.97 Å². The summed E-state index contributed by atoms with van der Waals surface area (Å²) in [5.41, 5.74) is 0.316. The van der Waals surface area contributed by atoms with Crippen molar-refractivity contribution in [3.8, 4) is 0 Å². The zero-order valence-electron chi connectivity index (χ0n) is 6.82. The van der Waals surface area contributed by atoms with E-state index >= 15 is 0 Å². The van der Waals surface area contributed by atoms with Gasteiger partial charge in [0.25, 0.3) is 0 Å². The molecule has 2 rings (SSSR count). The summed E-state index contributed by atoms with van der Waals surface area (Å²) in [7, 11) is 0. The van der Waals surface area contributed by atoms with Gasteiger partial charge in [-0.3, -0.25) is 0 Å². The molecule has 0 radical (unpaired) electrons. The van der Waals surface area contributed by atoms with Crippen LogP contribution < -0.4 is 0 Å². The van der Waals surface area contributed by atoms with Crippen LogP contribution in [0.4, 0.5) is 0 Å². The van der Waals surface area contributed by atoms with Crippen LogP contribution in [0.3, 0.4) is 0 Å². The molecule has 0 aliphatic carbocycles. The van der Waals surface area contributed by atoms with Gasteiger partial charge in [0.2, 0.25) is 0 Å². The van der Waals surface area contributed by atoms with Crippen molar-refractivity contribution in [2.75, 3.05) is 0 Å². The van der Waals surface area contributed by atoms with Gasteiger partial charge in [-0.2, -0.15) is 0 Å². The van der Waals surface area contributed by atoms with Crippen molar-refractivity contribution in [1.82, 2.24) is 0 Å². The lowest BCUT2D eigenvalue weighted by Gasteiger charge is -1.98. The van der Waals surface area contributed by atoms with Crippen LogP contribution >= 0.6 is 39.9 Å². The van der Waals surface area contributed by atoms with Crippen molar-refractivity contribution >= 4 is 56.0 Å². The molecule has 0 saturated carbocycles. The van der Waals surface area contributed by atoms with Gasteiger partial charge in [0.05, 0.1) is 10.3 Å². The van der Waals surface area contributed by atoms with E-state index in [2.05, 4.69) is 28.6 Å². The molecule has 14 heavy (non-hydrogen) atoms. The maximum Gasteiger partial charge on any atom is 0.337 e. The molecule has 1 aromatic heterocycles. The molecule has 0 aliphatic heterocycles. The van der Waals surface area contributed by atoms with Crippen molar-refractivity contribution in [1.29, 1.82) is 0 Å². The Balaban J connectivity index is 2.90. The van der Waals surface area contributed by atoms with Crippen LogP contribution in [0, 0.1) is 0 Å². The van der Waals surface area contributed by atoms with Gasteiger partial charge in [-0.15, -0.1) is 24.0 Å². The van der Waals surface area contributed by atoms with Gasteiger partial charge in [0.15, 0.2) is 0 Å². The first-order valence-electron chi connectivity index (χ1n) is 3.73. The summed E-state index contributed by atoms with van der Waals surface area (Å²) in [4.78, 5) is 11.6. The summed E-state index contributed by atoms with van der Waals surface area (Å²) < 4.78 is 1.83. The summed E-state index contributed by atoms with van der Waals surface area (Å²) in [6, 6.07) is 3.65. The molecule has 0 bridgehead atoms. The fraction of sp³-hybridized carbons (Fsp3) is 0. The summed E-state index contributed by atoms with van der Waals surface area (Å²) in [5.74, 6) is -0.912. The molecule has 0 aliphatic rings. The molecule has 0 atom stereocenters. The van der Waals surface area contributed by atoms with E-state index in [1.807, 2.05) is 6.07 Å². The number of thiol groups is 1. The Bertz CT molecular complexity index is 519. The van der Waals surface area contributed by atoms with E-state index in [0.29, 0.717) is 15.8 Å². The first-order chi connectivity index (χ1) is 6.61. The summed E-state index contributed by atoms with van der Waals surface area (Å²) in [6.45, 7) is 0. The second-order valence-corrected chi connectivity index (χ2v) is 4.94. The highest BCUT2D eigenvalue weighted by atomic mass is 79.9. The molecule has 5 heteroatoms. The van der Waals surface area contributed by atoms with E-state index < -0.39 is 5.97 Å². The highest BCUT2D eigenvalue weighted by Gasteiger charge is 2.14. The number of carboxylic acid groups (broad SMARTS) is 1. The van der Waals surface area contributed by atoms with Crippen molar-refractivity contribution in [2.45, 2.75) is 4.90 Å². The standard InChI is InChI=1S/C9H5BrO2S2/c10-5-1-2-6(13)7-4(9(11)12)3-14-8(5)7/h1-3,13H,(H,11,12). The second-order valence-electron chi connectivity index (χ2n) is 2.73. The molecule has 1 N–H and O–H groups in total. The Hall–Kier alpha value is -0.520. The molecule has 2 nitrogen and oxygen atoms in total. The summed E-state index contributed by atoms with van der Waals surface area (Å²) >= 11 is 9.03. The average Bonchev–Trinajstić information content (AvgIpc) is 2.56. The average molecular weight is 289 g/mol. The number of thiophene rings is 1. The topological polar surface area (TPSA) is 37.3 Å². The number of benzene rings is 1. The van der Waals surface area contributed by atoms with Crippen molar-refractivity contribution in [3.05, 3.63) is 27.5 Å². The zero-order valence-corrected chi connectivity index (χ0v) is 10.1. The van der Waals surface area contributed by atoms with Crippen LogP contribution in [0.1, 0.15) is 10.4 Å². The minimum Gasteiger partial charge on any atom is -0.478 e. The quantitative estimate of drug-likeness (QED) is 0.786. The van der Waals surface area contributed by atoms with Crippen LogP contribution in [0.25, 0.3) is 10.1 Å². The lowest BCUT2D eigenvalue weighted by molar-refractivity contribution is 0.0699. The summed E-state index contributed by atoms with van der Waals surface area (Å²) in [5, 5.41) is 11.3. The molecule has 2 aromatic rings. The van der Waals surface area contributed by atoms with Crippen molar-refractivity contribution in [3.63, 3.8) is 0 Å². The molecule has 72 valence electrons. The summed E-state index contributed by atoms with van der Waals surface area (Å²) in [6.07, 6.45) is 0. The molecule has 0 amide bonds. The van der Waals surface area contributed by atoms with Crippen LogP contribution in [-0.4, -0.2) is 11.1 Å². The maximum atomic E-state index is 10.9. The SMILES string of the molecule is O=C(O)c1csc2c(Br)ccc(S)c12. The Morgan fingerprint density at radius 1 is 1.50 bits per heavy atom. The van der Waals surface area contributed by atoms with Gasteiger partial charge in [-0.25, -0.2) is 4.79 Å². The van der Waals surface area contributed by atoms with E-state index in [1.165, 1.54) is 11.3 Å². The monoisotopic (exact) mass is 288 g/mol. The van der Waals surface area contributed by atoms with Gasteiger partial charge < -0.3 is 5.11 Å². The number of fused-ring (bicyclic) bond motifs is 1. The third-order valence-corrected chi connectivity index (χ3v) is 4.19. The van der Waals surface area contributed by atoms with E-state index in [1.54, 1.807) is 11.4 Å². The first kappa shape index (κ1) is 10.0. The van der Waals surface area contributed by atoms with Crippen molar-refractivity contribution in [2.24, 2.45) is 0 Å². The van der Waals surface area contributed by atoms with Crippen LogP contribution in [-0.2, 0) is 0 Å². The molecule has 0 spiro atoms. The Morgan fingerprint density at radius 3 is 2.86 bits per heavy atom. The third-order valence-electron chi connectivity index (χ3n) is 1.88. The predicted molar refractivity (Wildman–Crippen MR) is 63.7 cm³/mol. The molecule has 1 heterocycles. The van der Waals surface area contributed by atoms with Gasteiger partial charge in [-0.1, -0.05) is 0 Å². The van der Waals surface area contributed by atoms with Gasteiger partial charge in [-0.05, 0) is 28.1 Å².